The molecular weight excluding hydrogens is 448 g/mol. The Bertz CT molecular complexity index is 1050. The fourth-order valence-corrected chi connectivity index (χ4v) is 4.80. The summed E-state index contributed by atoms with van der Waals surface area (Å²) in [6.07, 6.45) is 0.637. The maximum absolute atomic E-state index is 14.6. The molecule has 0 aromatic heterocycles. The van der Waals surface area contributed by atoms with Gasteiger partial charge in [0.1, 0.15) is 0 Å². The van der Waals surface area contributed by atoms with Crippen molar-refractivity contribution in [2.75, 3.05) is 6.54 Å². The predicted octanol–water partition coefficient (Wildman–Crippen LogP) is 6.56. The summed E-state index contributed by atoms with van der Waals surface area (Å²) < 4.78 is 14.6. The second-order valence-corrected chi connectivity index (χ2v) is 14.6. The summed E-state index contributed by atoms with van der Waals surface area (Å²) in [6, 6.07) is 20.5. The molecule has 3 aromatic carbocycles. The molecule has 6 heteroatoms. The average Bonchev–Trinajstić information content (AvgIpc) is 2.73. The summed E-state index contributed by atoms with van der Waals surface area (Å²) in [5.74, 6) is -1.05. The van der Waals surface area contributed by atoms with Crippen LogP contribution in [0.1, 0.15) is 21.5 Å². The van der Waals surface area contributed by atoms with E-state index in [9.17, 15) is 9.18 Å². The van der Waals surface area contributed by atoms with Crippen molar-refractivity contribution in [1.29, 1.82) is 0 Å². The molecule has 0 atom stereocenters. The minimum atomic E-state index is -1.40. The van der Waals surface area contributed by atoms with Crippen LogP contribution in [-0.2, 0) is 13.0 Å². The zero-order valence-corrected chi connectivity index (χ0v) is 20.5. The molecule has 0 spiro atoms. The highest BCUT2D eigenvalue weighted by atomic mass is 35.5. The van der Waals surface area contributed by atoms with Gasteiger partial charge in [-0.2, -0.15) is 0 Å². The number of carbonyl (C=O) groups is 1. The Kier molecular flexibility index (Phi) is 7.58. The monoisotopic (exact) mass is 473 g/mol. The Balaban J connectivity index is 1.85. The SMILES string of the molecule is C[Si](C)(C)c1ccc(CN(CCc2ccc(Cl)cc2)C(=O)c2cccc(Cl)c2F)cc1. The van der Waals surface area contributed by atoms with Crippen molar-refractivity contribution >= 4 is 42.4 Å². The van der Waals surface area contributed by atoms with Gasteiger partial charge in [0.25, 0.3) is 5.91 Å². The van der Waals surface area contributed by atoms with Crippen molar-refractivity contribution in [3.8, 4) is 0 Å². The zero-order valence-electron chi connectivity index (χ0n) is 18.0. The normalized spacial score (nSPS) is 11.4. The number of hydrogen-bond donors (Lipinski definition) is 0. The molecule has 0 fully saturated rings. The fraction of sp³-hybridized carbons (Fsp3) is 0.240. The van der Waals surface area contributed by atoms with E-state index < -0.39 is 13.9 Å². The highest BCUT2D eigenvalue weighted by Gasteiger charge is 2.22. The van der Waals surface area contributed by atoms with Crippen molar-refractivity contribution in [2.45, 2.75) is 32.6 Å². The van der Waals surface area contributed by atoms with Gasteiger partial charge in [0, 0.05) is 18.1 Å². The number of halogens is 3. The Labute approximate surface area is 194 Å². The molecule has 0 unspecified atom stereocenters. The van der Waals surface area contributed by atoms with Gasteiger partial charge in [0.05, 0.1) is 18.7 Å². The zero-order chi connectivity index (χ0) is 22.6. The van der Waals surface area contributed by atoms with Crippen molar-refractivity contribution in [2.24, 2.45) is 0 Å². The summed E-state index contributed by atoms with van der Waals surface area (Å²) in [4.78, 5) is 14.9. The van der Waals surface area contributed by atoms with Gasteiger partial charge in [0.2, 0.25) is 0 Å². The Morgan fingerprint density at radius 1 is 0.903 bits per heavy atom. The van der Waals surface area contributed by atoms with E-state index in [0.717, 1.165) is 11.1 Å². The third-order valence-corrected chi connectivity index (χ3v) is 7.86. The molecule has 0 aliphatic rings. The third-order valence-electron chi connectivity index (χ3n) is 5.25. The van der Waals surface area contributed by atoms with Crippen LogP contribution >= 0.6 is 23.2 Å². The van der Waals surface area contributed by atoms with Gasteiger partial charge in [0.15, 0.2) is 5.82 Å². The van der Waals surface area contributed by atoms with E-state index in [-0.39, 0.29) is 16.5 Å². The van der Waals surface area contributed by atoms with Crippen molar-refractivity contribution in [3.63, 3.8) is 0 Å². The lowest BCUT2D eigenvalue weighted by atomic mass is 10.1. The molecule has 0 aliphatic heterocycles. The minimum absolute atomic E-state index is 0.0117. The fourth-order valence-electron chi connectivity index (χ4n) is 3.34. The van der Waals surface area contributed by atoms with Crippen LogP contribution in [0.5, 0.6) is 0 Å². The van der Waals surface area contributed by atoms with Crippen LogP contribution < -0.4 is 5.19 Å². The molecule has 0 bridgehead atoms. The van der Waals surface area contributed by atoms with Gasteiger partial charge >= 0.3 is 0 Å². The van der Waals surface area contributed by atoms with Crippen LogP contribution in [0, 0.1) is 5.82 Å². The highest BCUT2D eigenvalue weighted by Crippen LogP contribution is 2.21. The Morgan fingerprint density at radius 2 is 1.52 bits per heavy atom. The quantitative estimate of drug-likeness (QED) is 0.355. The number of rotatable bonds is 7. The number of nitrogens with zero attached hydrogens (tertiary/aromatic N) is 1. The van der Waals surface area contributed by atoms with Crippen LogP contribution in [0.2, 0.25) is 29.7 Å². The van der Waals surface area contributed by atoms with E-state index in [2.05, 4.69) is 43.9 Å². The number of amides is 1. The number of benzene rings is 3. The van der Waals surface area contributed by atoms with Crippen molar-refractivity contribution < 1.29 is 9.18 Å². The second kappa shape index (κ2) is 9.99. The lowest BCUT2D eigenvalue weighted by Crippen LogP contribution is -2.37. The maximum atomic E-state index is 14.6. The molecule has 162 valence electrons. The van der Waals surface area contributed by atoms with Gasteiger partial charge in [-0.1, -0.05) is 90.5 Å². The molecule has 3 aromatic rings. The first-order valence-electron chi connectivity index (χ1n) is 10.2. The molecule has 0 heterocycles. The molecule has 0 N–H and O–H groups in total. The van der Waals surface area contributed by atoms with Gasteiger partial charge in [-0.3, -0.25) is 4.79 Å². The van der Waals surface area contributed by atoms with Crippen molar-refractivity contribution in [3.05, 3.63) is 99.3 Å². The van der Waals surface area contributed by atoms with Crippen molar-refractivity contribution in [1.82, 2.24) is 4.90 Å². The van der Waals surface area contributed by atoms with E-state index in [1.54, 1.807) is 11.0 Å². The first kappa shape index (κ1) is 23.5. The summed E-state index contributed by atoms with van der Waals surface area (Å²) in [7, 11) is -1.40. The lowest BCUT2D eigenvalue weighted by molar-refractivity contribution is 0.0740. The summed E-state index contributed by atoms with van der Waals surface area (Å²) in [5, 5.41) is 1.97. The molecule has 0 radical (unpaired) electrons. The standard InChI is InChI=1S/C25H26Cl2FNOSi/c1-31(2,3)21-13-9-19(10-14-21)17-29(16-15-18-7-11-20(26)12-8-18)25(30)22-5-4-6-23(27)24(22)28/h4-14H,15-17H2,1-3H3. The van der Waals surface area contributed by atoms with Crippen LogP contribution in [-0.4, -0.2) is 25.4 Å². The van der Waals surface area contributed by atoms with E-state index in [0.29, 0.717) is 24.5 Å². The first-order valence-corrected chi connectivity index (χ1v) is 14.5. The van der Waals surface area contributed by atoms with Gasteiger partial charge < -0.3 is 4.90 Å². The molecule has 2 nitrogen and oxygen atoms in total. The number of hydrogen-bond acceptors (Lipinski definition) is 1. The van der Waals surface area contributed by atoms with E-state index in [4.69, 9.17) is 23.2 Å². The topological polar surface area (TPSA) is 20.3 Å². The van der Waals surface area contributed by atoms with Crippen LogP contribution in [0.15, 0.2) is 66.7 Å². The number of carbonyl (C=O) groups excluding carboxylic acids is 1. The lowest BCUT2D eigenvalue weighted by Gasteiger charge is -2.24. The summed E-state index contributed by atoms with van der Waals surface area (Å²) >= 11 is 11.9. The summed E-state index contributed by atoms with van der Waals surface area (Å²) in [6.45, 7) is 7.73. The third kappa shape index (κ3) is 6.19. The highest BCUT2D eigenvalue weighted by molar-refractivity contribution is 6.88. The molecular formula is C25H26Cl2FNOSi. The maximum Gasteiger partial charge on any atom is 0.257 e. The molecule has 0 aliphatic carbocycles. The Hall–Kier alpha value is -2.14. The van der Waals surface area contributed by atoms with E-state index in [1.807, 2.05) is 24.3 Å². The molecule has 31 heavy (non-hydrogen) atoms. The largest absolute Gasteiger partial charge is 0.334 e. The Morgan fingerprint density at radius 3 is 2.13 bits per heavy atom. The van der Waals surface area contributed by atoms with Crippen LogP contribution in [0.4, 0.5) is 4.39 Å². The van der Waals surface area contributed by atoms with E-state index in [1.165, 1.54) is 17.3 Å². The van der Waals surface area contributed by atoms with Gasteiger partial charge in [-0.05, 0) is 41.8 Å². The smallest absolute Gasteiger partial charge is 0.257 e. The van der Waals surface area contributed by atoms with Crippen LogP contribution in [0.3, 0.4) is 0 Å². The van der Waals surface area contributed by atoms with E-state index >= 15 is 0 Å². The van der Waals surface area contributed by atoms with Gasteiger partial charge in [-0.15, -0.1) is 0 Å². The van der Waals surface area contributed by atoms with Gasteiger partial charge in [-0.25, -0.2) is 4.39 Å². The minimum Gasteiger partial charge on any atom is -0.334 e. The molecule has 0 saturated carbocycles. The second-order valence-electron chi connectivity index (χ2n) is 8.65. The summed E-state index contributed by atoms with van der Waals surface area (Å²) in [5.41, 5.74) is 2.05. The first-order chi connectivity index (χ1) is 14.6. The molecule has 3 rings (SSSR count). The molecule has 1 amide bonds. The van der Waals surface area contributed by atoms with Crippen LogP contribution in [0.25, 0.3) is 0 Å². The molecule has 0 saturated heterocycles. The average molecular weight is 474 g/mol. The predicted molar refractivity (Wildman–Crippen MR) is 131 cm³/mol.